The molecule has 0 aliphatic rings. The second-order valence-corrected chi connectivity index (χ2v) is 5.07. The Morgan fingerprint density at radius 3 is 2.73 bits per heavy atom. The van der Waals surface area contributed by atoms with E-state index >= 15 is 0 Å². The second kappa shape index (κ2) is 6.98. The van der Waals surface area contributed by atoms with E-state index in [2.05, 4.69) is 10.3 Å². The lowest BCUT2D eigenvalue weighted by Crippen LogP contribution is -2.36. The highest BCUT2D eigenvalue weighted by atomic mass is 19.2. The summed E-state index contributed by atoms with van der Waals surface area (Å²) in [5, 5.41) is 2.71. The van der Waals surface area contributed by atoms with E-state index < -0.39 is 23.1 Å². The van der Waals surface area contributed by atoms with Crippen molar-refractivity contribution in [1.82, 2.24) is 10.3 Å². The Labute approximate surface area is 126 Å². The van der Waals surface area contributed by atoms with Gasteiger partial charge < -0.3 is 10.3 Å². The van der Waals surface area contributed by atoms with Gasteiger partial charge in [-0.25, -0.2) is 8.78 Å². The average molecular weight is 306 g/mol. The maximum absolute atomic E-state index is 13.1. The van der Waals surface area contributed by atoms with Crippen molar-refractivity contribution in [1.29, 1.82) is 0 Å². The maximum atomic E-state index is 13.1. The van der Waals surface area contributed by atoms with Crippen LogP contribution in [0.25, 0.3) is 0 Å². The summed E-state index contributed by atoms with van der Waals surface area (Å²) in [6.07, 6.45) is 2.48. The van der Waals surface area contributed by atoms with E-state index in [1.807, 2.05) is 0 Å². The quantitative estimate of drug-likeness (QED) is 0.891. The molecule has 0 fully saturated rings. The minimum atomic E-state index is -0.884. The van der Waals surface area contributed by atoms with Gasteiger partial charge in [-0.15, -0.1) is 0 Å². The molecule has 1 aromatic heterocycles. The highest BCUT2D eigenvalue weighted by Gasteiger charge is 2.13. The van der Waals surface area contributed by atoms with Crippen molar-refractivity contribution in [3.05, 3.63) is 69.6 Å². The molecule has 1 atom stereocenters. The van der Waals surface area contributed by atoms with Gasteiger partial charge in [0.15, 0.2) is 11.6 Å². The van der Waals surface area contributed by atoms with Crippen LogP contribution in [-0.2, 0) is 6.42 Å². The molecule has 6 heteroatoms. The van der Waals surface area contributed by atoms with E-state index in [9.17, 15) is 18.4 Å². The number of aromatic nitrogens is 1. The van der Waals surface area contributed by atoms with Gasteiger partial charge in [0.2, 0.25) is 0 Å². The highest BCUT2D eigenvalue weighted by molar-refractivity contribution is 5.93. The summed E-state index contributed by atoms with van der Waals surface area (Å²) in [5.41, 5.74) is 0.243. The van der Waals surface area contributed by atoms with Gasteiger partial charge in [-0.3, -0.25) is 9.59 Å². The third kappa shape index (κ3) is 4.00. The SMILES string of the molecule is CC(CCc1ccc(F)c(F)c1)NC(=O)c1ccc[nH]c1=O. The number of hydrogen-bond donors (Lipinski definition) is 2. The third-order valence-electron chi connectivity index (χ3n) is 3.29. The second-order valence-electron chi connectivity index (χ2n) is 5.07. The number of aromatic amines is 1. The average Bonchev–Trinajstić information content (AvgIpc) is 2.49. The summed E-state index contributed by atoms with van der Waals surface area (Å²) in [6, 6.07) is 6.54. The lowest BCUT2D eigenvalue weighted by atomic mass is 10.1. The van der Waals surface area contributed by atoms with Crippen LogP contribution in [-0.4, -0.2) is 16.9 Å². The van der Waals surface area contributed by atoms with E-state index in [0.29, 0.717) is 18.4 Å². The molecule has 22 heavy (non-hydrogen) atoms. The summed E-state index contributed by atoms with van der Waals surface area (Å²) in [6.45, 7) is 1.79. The lowest BCUT2D eigenvalue weighted by molar-refractivity contribution is 0.0937. The van der Waals surface area contributed by atoms with Crippen molar-refractivity contribution in [3.8, 4) is 0 Å². The Kier molecular flexibility index (Phi) is 5.04. The minimum absolute atomic E-state index is 0.0437. The fraction of sp³-hybridized carbons (Fsp3) is 0.250. The predicted octanol–water partition coefficient (Wildman–Crippen LogP) is 2.40. The molecule has 0 spiro atoms. The zero-order valence-electron chi connectivity index (χ0n) is 12.0. The van der Waals surface area contributed by atoms with E-state index in [-0.39, 0.29) is 11.6 Å². The number of nitrogens with one attached hydrogen (secondary N) is 2. The zero-order valence-corrected chi connectivity index (χ0v) is 12.0. The molecule has 1 amide bonds. The number of carbonyl (C=O) groups is 1. The largest absolute Gasteiger partial charge is 0.349 e. The molecule has 2 N–H and O–H groups in total. The molecule has 0 saturated carbocycles. The van der Waals surface area contributed by atoms with Gasteiger partial charge in [0.05, 0.1) is 0 Å². The van der Waals surface area contributed by atoms with Gasteiger partial charge in [-0.05, 0) is 49.6 Å². The first-order valence-corrected chi connectivity index (χ1v) is 6.90. The Morgan fingerprint density at radius 2 is 2.05 bits per heavy atom. The number of carbonyl (C=O) groups excluding carboxylic acids is 1. The number of halogens is 2. The molecule has 0 aliphatic carbocycles. The minimum Gasteiger partial charge on any atom is -0.349 e. The topological polar surface area (TPSA) is 62.0 Å². The van der Waals surface area contributed by atoms with Crippen molar-refractivity contribution in [2.75, 3.05) is 0 Å². The van der Waals surface area contributed by atoms with Crippen LogP contribution in [0, 0.1) is 11.6 Å². The van der Waals surface area contributed by atoms with Crippen LogP contribution in [0.3, 0.4) is 0 Å². The number of aryl methyl sites for hydroxylation is 1. The van der Waals surface area contributed by atoms with Gasteiger partial charge in [0, 0.05) is 12.2 Å². The monoisotopic (exact) mass is 306 g/mol. The van der Waals surface area contributed by atoms with Crippen molar-refractivity contribution in [3.63, 3.8) is 0 Å². The summed E-state index contributed by atoms with van der Waals surface area (Å²) < 4.78 is 25.9. The van der Waals surface area contributed by atoms with Gasteiger partial charge in [-0.1, -0.05) is 6.07 Å². The molecule has 2 aromatic rings. The van der Waals surface area contributed by atoms with E-state index in [0.717, 1.165) is 12.1 Å². The number of rotatable bonds is 5. The fourth-order valence-electron chi connectivity index (χ4n) is 2.05. The van der Waals surface area contributed by atoms with Crippen LogP contribution in [0.15, 0.2) is 41.3 Å². The van der Waals surface area contributed by atoms with Crippen LogP contribution >= 0.6 is 0 Å². The Bertz CT molecular complexity index is 728. The summed E-state index contributed by atoms with van der Waals surface area (Å²) in [7, 11) is 0. The third-order valence-corrected chi connectivity index (χ3v) is 3.29. The van der Waals surface area contributed by atoms with Crippen molar-refractivity contribution >= 4 is 5.91 Å². The number of H-pyrrole nitrogens is 1. The van der Waals surface area contributed by atoms with Gasteiger partial charge >= 0.3 is 0 Å². The molecule has 2 rings (SSSR count). The first-order chi connectivity index (χ1) is 10.5. The van der Waals surface area contributed by atoms with Crippen molar-refractivity contribution < 1.29 is 13.6 Å². The van der Waals surface area contributed by atoms with E-state index in [1.54, 1.807) is 13.0 Å². The van der Waals surface area contributed by atoms with E-state index in [4.69, 9.17) is 0 Å². The van der Waals surface area contributed by atoms with Gasteiger partial charge in [0.1, 0.15) is 5.56 Å². The smallest absolute Gasteiger partial charge is 0.260 e. The van der Waals surface area contributed by atoms with E-state index in [1.165, 1.54) is 18.3 Å². The van der Waals surface area contributed by atoms with Crippen molar-refractivity contribution in [2.45, 2.75) is 25.8 Å². The maximum Gasteiger partial charge on any atom is 0.260 e. The fourth-order valence-corrected chi connectivity index (χ4v) is 2.05. The molecule has 4 nitrogen and oxygen atoms in total. The summed E-state index contributed by atoms with van der Waals surface area (Å²) in [5.74, 6) is -2.22. The standard InChI is InChI=1S/C16H16F2N2O2/c1-10(4-5-11-6-7-13(17)14(18)9-11)20-16(22)12-3-2-8-19-15(12)21/h2-3,6-10H,4-5H2,1H3,(H,19,21)(H,20,22). The zero-order chi connectivity index (χ0) is 16.1. The molecule has 1 unspecified atom stereocenters. The number of hydrogen-bond acceptors (Lipinski definition) is 2. The molecule has 0 bridgehead atoms. The number of amides is 1. The molecular weight excluding hydrogens is 290 g/mol. The number of benzene rings is 1. The molecule has 1 aromatic carbocycles. The van der Waals surface area contributed by atoms with Crippen LogP contribution in [0.4, 0.5) is 8.78 Å². The molecule has 0 aliphatic heterocycles. The van der Waals surface area contributed by atoms with Gasteiger partial charge in [0.25, 0.3) is 11.5 Å². The van der Waals surface area contributed by atoms with Crippen LogP contribution in [0.2, 0.25) is 0 Å². The van der Waals surface area contributed by atoms with Crippen molar-refractivity contribution in [2.24, 2.45) is 0 Å². The lowest BCUT2D eigenvalue weighted by Gasteiger charge is -2.13. The Morgan fingerprint density at radius 1 is 1.27 bits per heavy atom. The molecule has 0 radical (unpaired) electrons. The Balaban J connectivity index is 1.91. The number of pyridine rings is 1. The van der Waals surface area contributed by atoms with Crippen LogP contribution in [0.5, 0.6) is 0 Å². The summed E-state index contributed by atoms with van der Waals surface area (Å²) in [4.78, 5) is 25.9. The molecule has 116 valence electrons. The Hall–Kier alpha value is -2.50. The van der Waals surface area contributed by atoms with Gasteiger partial charge in [-0.2, -0.15) is 0 Å². The highest BCUT2D eigenvalue weighted by Crippen LogP contribution is 2.11. The predicted molar refractivity (Wildman–Crippen MR) is 78.7 cm³/mol. The molecule has 0 saturated heterocycles. The first-order valence-electron chi connectivity index (χ1n) is 6.90. The summed E-state index contributed by atoms with van der Waals surface area (Å²) >= 11 is 0. The first kappa shape index (κ1) is 15.9. The normalized spacial score (nSPS) is 12.0. The van der Waals surface area contributed by atoms with Crippen LogP contribution < -0.4 is 10.9 Å². The van der Waals surface area contributed by atoms with Crippen LogP contribution in [0.1, 0.15) is 29.3 Å². The molecular formula is C16H16F2N2O2. The molecule has 1 heterocycles.